The van der Waals surface area contributed by atoms with E-state index < -0.39 is 11.6 Å². The van der Waals surface area contributed by atoms with Crippen LogP contribution in [0.1, 0.15) is 28.8 Å². The summed E-state index contributed by atoms with van der Waals surface area (Å²) in [5, 5.41) is 6.70. The Kier molecular flexibility index (Phi) is 4.75. The maximum atomic E-state index is 13.4. The first-order chi connectivity index (χ1) is 13.1. The van der Waals surface area contributed by atoms with Crippen LogP contribution in [0.3, 0.4) is 0 Å². The number of nitrogens with one attached hydrogen (secondary N) is 3. The quantitative estimate of drug-likeness (QED) is 0.595. The normalized spacial score (nSPS) is 13.7. The van der Waals surface area contributed by atoms with Crippen LogP contribution < -0.4 is 10.6 Å². The van der Waals surface area contributed by atoms with Crippen molar-refractivity contribution in [3.05, 3.63) is 59.4 Å². The minimum Gasteiger partial charge on any atom is -0.370 e. The number of fused-ring (bicyclic) bond motifs is 1. The number of pyridine rings is 1. The summed E-state index contributed by atoms with van der Waals surface area (Å²) >= 11 is 0. The minimum absolute atomic E-state index is 0.215. The van der Waals surface area contributed by atoms with Gasteiger partial charge in [-0.3, -0.25) is 4.79 Å². The van der Waals surface area contributed by atoms with Gasteiger partial charge in [0.2, 0.25) is 0 Å². The third kappa shape index (κ3) is 4.07. The number of aromatic nitrogens is 2. The molecular formula is C20H20F2N4O. The predicted molar refractivity (Wildman–Crippen MR) is 99.7 cm³/mol. The summed E-state index contributed by atoms with van der Waals surface area (Å²) in [5.74, 6) is -0.454. The lowest BCUT2D eigenvalue weighted by Crippen LogP contribution is -2.25. The van der Waals surface area contributed by atoms with Gasteiger partial charge in [-0.25, -0.2) is 13.8 Å². The standard InChI is InChI=1S/C20H20F2N4O/c21-16-7-15-13(10-24-18(15)8-17(16)22)5-6-23-20(27)14-3-4-19(26-11-14)25-9-12-1-2-12/h3-4,7-8,10-12,24H,1-2,5-6,9H2,(H,23,27)(H,25,26). The highest BCUT2D eigenvalue weighted by atomic mass is 19.2. The van der Waals surface area contributed by atoms with Crippen molar-refractivity contribution < 1.29 is 13.6 Å². The Morgan fingerprint density at radius 3 is 2.78 bits per heavy atom. The number of nitrogens with zero attached hydrogens (tertiary/aromatic N) is 1. The molecule has 1 aromatic carbocycles. The van der Waals surface area contributed by atoms with E-state index in [-0.39, 0.29) is 5.91 Å². The molecule has 1 amide bonds. The van der Waals surface area contributed by atoms with Crippen LogP contribution in [0.5, 0.6) is 0 Å². The van der Waals surface area contributed by atoms with Crippen LogP contribution in [0.2, 0.25) is 0 Å². The van der Waals surface area contributed by atoms with E-state index in [0.29, 0.717) is 29.4 Å². The van der Waals surface area contributed by atoms with Gasteiger partial charge in [0.1, 0.15) is 5.82 Å². The van der Waals surface area contributed by atoms with Gasteiger partial charge in [-0.05, 0) is 48.9 Å². The lowest BCUT2D eigenvalue weighted by molar-refractivity contribution is 0.0954. The SMILES string of the molecule is O=C(NCCc1c[nH]c2cc(F)c(F)cc12)c1ccc(NCC2CC2)nc1. The average Bonchev–Trinajstić information content (AvgIpc) is 3.43. The van der Waals surface area contributed by atoms with Crippen molar-refractivity contribution in [3.63, 3.8) is 0 Å². The summed E-state index contributed by atoms with van der Waals surface area (Å²) in [4.78, 5) is 19.4. The summed E-state index contributed by atoms with van der Waals surface area (Å²) in [7, 11) is 0. The van der Waals surface area contributed by atoms with E-state index >= 15 is 0 Å². The second kappa shape index (κ2) is 7.34. The molecule has 5 nitrogen and oxygen atoms in total. The Bertz CT molecular complexity index is 964. The summed E-state index contributed by atoms with van der Waals surface area (Å²) in [6.45, 7) is 1.31. The van der Waals surface area contributed by atoms with Crippen LogP contribution >= 0.6 is 0 Å². The Labute approximate surface area is 155 Å². The zero-order chi connectivity index (χ0) is 18.8. The summed E-state index contributed by atoms with van der Waals surface area (Å²) in [6.07, 6.45) is 6.30. The van der Waals surface area contributed by atoms with Gasteiger partial charge in [0.05, 0.1) is 5.56 Å². The molecule has 2 heterocycles. The van der Waals surface area contributed by atoms with Crippen molar-refractivity contribution in [1.82, 2.24) is 15.3 Å². The topological polar surface area (TPSA) is 69.8 Å². The fourth-order valence-electron chi connectivity index (χ4n) is 3.00. The van der Waals surface area contributed by atoms with Crippen molar-refractivity contribution >= 4 is 22.6 Å². The lowest BCUT2D eigenvalue weighted by atomic mass is 10.1. The smallest absolute Gasteiger partial charge is 0.252 e. The molecule has 1 saturated carbocycles. The van der Waals surface area contributed by atoms with E-state index in [1.807, 2.05) is 0 Å². The number of rotatable bonds is 7. The van der Waals surface area contributed by atoms with Gasteiger partial charge in [-0.1, -0.05) is 0 Å². The Hall–Kier alpha value is -2.96. The zero-order valence-corrected chi connectivity index (χ0v) is 14.7. The third-order valence-corrected chi connectivity index (χ3v) is 4.78. The fraction of sp³-hybridized carbons (Fsp3) is 0.300. The largest absolute Gasteiger partial charge is 0.370 e. The number of carbonyl (C=O) groups is 1. The number of hydrogen-bond acceptors (Lipinski definition) is 3. The second-order valence-corrected chi connectivity index (χ2v) is 6.89. The van der Waals surface area contributed by atoms with Gasteiger partial charge in [0.15, 0.2) is 11.6 Å². The number of halogens is 2. The lowest BCUT2D eigenvalue weighted by Gasteiger charge is -2.07. The van der Waals surface area contributed by atoms with Crippen LogP contribution in [0.25, 0.3) is 10.9 Å². The van der Waals surface area contributed by atoms with E-state index in [0.717, 1.165) is 29.9 Å². The van der Waals surface area contributed by atoms with E-state index in [9.17, 15) is 13.6 Å². The van der Waals surface area contributed by atoms with Gasteiger partial charge in [-0.15, -0.1) is 0 Å². The Morgan fingerprint density at radius 1 is 1.22 bits per heavy atom. The Balaban J connectivity index is 1.32. The molecule has 1 aliphatic rings. The molecular weight excluding hydrogens is 350 g/mol. The first-order valence-electron chi connectivity index (χ1n) is 9.03. The van der Waals surface area contributed by atoms with Crippen molar-refractivity contribution in [1.29, 1.82) is 0 Å². The highest BCUT2D eigenvalue weighted by Gasteiger charge is 2.20. The molecule has 0 bridgehead atoms. The second-order valence-electron chi connectivity index (χ2n) is 6.89. The molecule has 0 aliphatic heterocycles. The number of hydrogen-bond donors (Lipinski definition) is 3. The van der Waals surface area contributed by atoms with Gasteiger partial charge in [-0.2, -0.15) is 0 Å². The molecule has 1 aliphatic carbocycles. The summed E-state index contributed by atoms with van der Waals surface area (Å²) in [5.41, 5.74) is 1.84. The number of amides is 1. The van der Waals surface area contributed by atoms with Crippen LogP contribution in [-0.4, -0.2) is 29.0 Å². The van der Waals surface area contributed by atoms with E-state index in [1.165, 1.54) is 18.9 Å². The summed E-state index contributed by atoms with van der Waals surface area (Å²) < 4.78 is 26.7. The minimum atomic E-state index is -0.883. The molecule has 7 heteroatoms. The van der Waals surface area contributed by atoms with Crippen molar-refractivity contribution in [2.24, 2.45) is 5.92 Å². The van der Waals surface area contributed by atoms with Crippen molar-refractivity contribution in [3.8, 4) is 0 Å². The number of anilines is 1. The highest BCUT2D eigenvalue weighted by molar-refractivity contribution is 5.94. The van der Waals surface area contributed by atoms with Crippen molar-refractivity contribution in [2.45, 2.75) is 19.3 Å². The third-order valence-electron chi connectivity index (χ3n) is 4.78. The summed E-state index contributed by atoms with van der Waals surface area (Å²) in [6, 6.07) is 5.85. The van der Waals surface area contributed by atoms with E-state index in [2.05, 4.69) is 20.6 Å². The van der Waals surface area contributed by atoms with Gasteiger partial charge in [0.25, 0.3) is 5.91 Å². The number of aromatic amines is 1. The maximum absolute atomic E-state index is 13.4. The fourth-order valence-corrected chi connectivity index (χ4v) is 3.00. The molecule has 27 heavy (non-hydrogen) atoms. The first kappa shape index (κ1) is 17.5. The number of benzene rings is 1. The van der Waals surface area contributed by atoms with Gasteiger partial charge in [0, 0.05) is 42.5 Å². The molecule has 0 unspecified atom stereocenters. The molecule has 4 rings (SSSR count). The molecule has 0 radical (unpaired) electrons. The average molecular weight is 370 g/mol. The molecule has 140 valence electrons. The molecule has 2 aromatic heterocycles. The molecule has 0 saturated heterocycles. The van der Waals surface area contributed by atoms with Gasteiger partial charge >= 0.3 is 0 Å². The van der Waals surface area contributed by atoms with Gasteiger partial charge < -0.3 is 15.6 Å². The molecule has 3 aromatic rings. The van der Waals surface area contributed by atoms with E-state index in [1.54, 1.807) is 24.5 Å². The van der Waals surface area contributed by atoms with Crippen LogP contribution in [0.15, 0.2) is 36.7 Å². The van der Waals surface area contributed by atoms with Crippen LogP contribution in [0.4, 0.5) is 14.6 Å². The monoisotopic (exact) mass is 370 g/mol. The van der Waals surface area contributed by atoms with E-state index in [4.69, 9.17) is 0 Å². The molecule has 0 atom stereocenters. The molecule has 1 fully saturated rings. The first-order valence-corrected chi connectivity index (χ1v) is 9.03. The van der Waals surface area contributed by atoms with Crippen molar-refractivity contribution in [2.75, 3.05) is 18.4 Å². The highest BCUT2D eigenvalue weighted by Crippen LogP contribution is 2.28. The molecule has 0 spiro atoms. The maximum Gasteiger partial charge on any atom is 0.252 e. The van der Waals surface area contributed by atoms with Crippen LogP contribution in [0, 0.1) is 17.6 Å². The molecule has 3 N–H and O–H groups in total. The number of carbonyl (C=O) groups excluding carboxylic acids is 1. The number of H-pyrrole nitrogens is 1. The Morgan fingerprint density at radius 2 is 2.04 bits per heavy atom. The predicted octanol–water partition coefficient (Wildman–Crippen LogP) is 3.64. The zero-order valence-electron chi connectivity index (χ0n) is 14.7. The van der Waals surface area contributed by atoms with Crippen LogP contribution in [-0.2, 0) is 6.42 Å².